The lowest BCUT2D eigenvalue weighted by Gasteiger charge is -2.09. The molecule has 110 valence electrons. The number of hydrogen-bond acceptors (Lipinski definition) is 3. The van der Waals surface area contributed by atoms with Crippen molar-refractivity contribution in [3.63, 3.8) is 0 Å². The Kier molecular flexibility index (Phi) is 4.82. The minimum atomic E-state index is -3.59. The van der Waals surface area contributed by atoms with Crippen LogP contribution in [0.4, 0.5) is 0 Å². The second kappa shape index (κ2) is 6.24. The summed E-state index contributed by atoms with van der Waals surface area (Å²) in [6, 6.07) is 5.32. The molecule has 1 amide bonds. The van der Waals surface area contributed by atoms with Crippen LogP contribution in [-0.2, 0) is 14.8 Å². The van der Waals surface area contributed by atoms with E-state index in [2.05, 4.69) is 26.0 Å². The first-order chi connectivity index (χ1) is 9.38. The molecule has 1 fully saturated rings. The maximum atomic E-state index is 12.1. The molecule has 0 spiro atoms. The lowest BCUT2D eigenvalue weighted by molar-refractivity contribution is -0.121. The van der Waals surface area contributed by atoms with Gasteiger partial charge in [0.1, 0.15) is 0 Å². The summed E-state index contributed by atoms with van der Waals surface area (Å²) in [6.45, 7) is 1.98. The van der Waals surface area contributed by atoms with Crippen molar-refractivity contribution in [1.29, 1.82) is 0 Å². The first-order valence-electron chi connectivity index (χ1n) is 6.44. The third kappa shape index (κ3) is 4.29. The molecule has 20 heavy (non-hydrogen) atoms. The van der Waals surface area contributed by atoms with Gasteiger partial charge in [-0.25, -0.2) is 13.1 Å². The first-order valence-corrected chi connectivity index (χ1v) is 8.71. The normalized spacial score (nSPS) is 15.1. The molecule has 0 unspecified atom stereocenters. The second-order valence-corrected chi connectivity index (χ2v) is 7.51. The Morgan fingerprint density at radius 2 is 2.10 bits per heavy atom. The van der Waals surface area contributed by atoms with E-state index in [1.807, 2.05) is 6.92 Å². The summed E-state index contributed by atoms with van der Waals surface area (Å²) in [4.78, 5) is 11.7. The molecule has 7 heteroatoms. The summed E-state index contributed by atoms with van der Waals surface area (Å²) >= 11 is 3.25. The molecule has 2 rings (SSSR count). The summed E-state index contributed by atoms with van der Waals surface area (Å²) in [5.41, 5.74) is 0.972. The monoisotopic (exact) mass is 360 g/mol. The van der Waals surface area contributed by atoms with Gasteiger partial charge in [-0.15, -0.1) is 0 Å². The van der Waals surface area contributed by atoms with E-state index in [9.17, 15) is 13.2 Å². The Labute approximate surface area is 127 Å². The van der Waals surface area contributed by atoms with Crippen molar-refractivity contribution in [3.8, 4) is 0 Å². The van der Waals surface area contributed by atoms with Gasteiger partial charge < -0.3 is 5.32 Å². The Morgan fingerprint density at radius 1 is 1.40 bits per heavy atom. The van der Waals surface area contributed by atoms with Crippen LogP contribution in [0.5, 0.6) is 0 Å². The molecule has 5 nitrogen and oxygen atoms in total. The van der Waals surface area contributed by atoms with Gasteiger partial charge in [-0.05, 0) is 53.4 Å². The Balaban J connectivity index is 1.91. The van der Waals surface area contributed by atoms with Crippen LogP contribution in [0.2, 0.25) is 0 Å². The van der Waals surface area contributed by atoms with Gasteiger partial charge in [-0.1, -0.05) is 6.07 Å². The number of halogens is 1. The van der Waals surface area contributed by atoms with Crippen molar-refractivity contribution >= 4 is 31.9 Å². The predicted octanol–water partition coefficient (Wildman–Crippen LogP) is 1.70. The van der Waals surface area contributed by atoms with Crippen molar-refractivity contribution in [2.45, 2.75) is 37.1 Å². The van der Waals surface area contributed by atoms with E-state index < -0.39 is 10.0 Å². The van der Waals surface area contributed by atoms with Gasteiger partial charge >= 0.3 is 0 Å². The molecule has 1 saturated carbocycles. The number of carbonyl (C=O) groups excluding carboxylic acids is 1. The van der Waals surface area contributed by atoms with Gasteiger partial charge in [0, 0.05) is 23.5 Å². The number of amides is 1. The quantitative estimate of drug-likeness (QED) is 0.810. The van der Waals surface area contributed by atoms with Crippen molar-refractivity contribution in [2.24, 2.45) is 0 Å². The van der Waals surface area contributed by atoms with E-state index in [1.54, 1.807) is 18.2 Å². The van der Waals surface area contributed by atoms with Crippen LogP contribution < -0.4 is 10.0 Å². The predicted molar refractivity (Wildman–Crippen MR) is 79.8 cm³/mol. The molecule has 0 radical (unpaired) electrons. The highest BCUT2D eigenvalue weighted by Gasteiger charge is 2.23. The fraction of sp³-hybridized carbons (Fsp3) is 0.462. The molecule has 1 aliphatic rings. The van der Waals surface area contributed by atoms with E-state index in [1.165, 1.54) is 0 Å². The maximum absolute atomic E-state index is 12.1. The number of benzene rings is 1. The molecule has 1 aliphatic carbocycles. The zero-order valence-corrected chi connectivity index (χ0v) is 13.6. The lowest BCUT2D eigenvalue weighted by atomic mass is 10.2. The fourth-order valence-corrected chi connectivity index (χ4v) is 3.95. The highest BCUT2D eigenvalue weighted by Crippen LogP contribution is 2.22. The molecule has 0 atom stereocenters. The van der Waals surface area contributed by atoms with Crippen LogP contribution in [0.1, 0.15) is 24.8 Å². The van der Waals surface area contributed by atoms with Crippen molar-refractivity contribution in [3.05, 3.63) is 28.2 Å². The lowest BCUT2D eigenvalue weighted by Crippen LogP contribution is -2.31. The van der Waals surface area contributed by atoms with Crippen molar-refractivity contribution in [1.82, 2.24) is 10.0 Å². The van der Waals surface area contributed by atoms with Crippen LogP contribution in [-0.4, -0.2) is 26.9 Å². The average molecular weight is 361 g/mol. The van der Waals surface area contributed by atoms with Crippen LogP contribution >= 0.6 is 15.9 Å². The summed E-state index contributed by atoms with van der Waals surface area (Å²) in [6.07, 6.45) is 2.20. The van der Waals surface area contributed by atoms with Crippen LogP contribution in [0.25, 0.3) is 0 Å². The van der Waals surface area contributed by atoms with Crippen LogP contribution in [0, 0.1) is 6.92 Å². The van der Waals surface area contributed by atoms with Crippen LogP contribution in [0.15, 0.2) is 27.6 Å². The fourth-order valence-electron chi connectivity index (χ4n) is 1.73. The smallest absolute Gasteiger partial charge is 0.241 e. The average Bonchev–Trinajstić information content (AvgIpc) is 3.11. The van der Waals surface area contributed by atoms with E-state index in [-0.39, 0.29) is 23.8 Å². The minimum Gasteiger partial charge on any atom is -0.353 e. The summed E-state index contributed by atoms with van der Waals surface area (Å²) in [7, 11) is -3.59. The van der Waals surface area contributed by atoms with Gasteiger partial charge in [-0.2, -0.15) is 0 Å². The zero-order chi connectivity index (χ0) is 14.8. The molecular weight excluding hydrogens is 344 g/mol. The molecule has 1 aromatic rings. The highest BCUT2D eigenvalue weighted by atomic mass is 79.9. The SMILES string of the molecule is Cc1ccc(S(=O)(=O)NCCC(=O)NC2CC2)c(Br)c1. The first kappa shape index (κ1) is 15.5. The summed E-state index contributed by atoms with van der Waals surface area (Å²) in [5.74, 6) is -0.113. The van der Waals surface area contributed by atoms with Gasteiger partial charge in [-0.3, -0.25) is 4.79 Å². The zero-order valence-electron chi connectivity index (χ0n) is 11.1. The van der Waals surface area contributed by atoms with Crippen molar-refractivity contribution in [2.75, 3.05) is 6.54 Å². The van der Waals surface area contributed by atoms with Gasteiger partial charge in [0.05, 0.1) is 4.90 Å². The molecular formula is C13H17BrN2O3S. The standard InChI is InChI=1S/C13H17BrN2O3S/c1-9-2-5-12(11(14)8-9)20(18,19)15-7-6-13(17)16-10-3-4-10/h2,5,8,10,15H,3-4,6-7H2,1H3,(H,16,17). The third-order valence-electron chi connectivity index (χ3n) is 2.96. The minimum absolute atomic E-state index is 0.0984. The molecule has 0 saturated heterocycles. The van der Waals surface area contributed by atoms with E-state index in [4.69, 9.17) is 0 Å². The van der Waals surface area contributed by atoms with Gasteiger partial charge in [0.2, 0.25) is 15.9 Å². The van der Waals surface area contributed by atoms with Gasteiger partial charge in [0.15, 0.2) is 0 Å². The summed E-state index contributed by atoms with van der Waals surface area (Å²) < 4.78 is 27.2. The highest BCUT2D eigenvalue weighted by molar-refractivity contribution is 9.10. The number of rotatable bonds is 6. The summed E-state index contributed by atoms with van der Waals surface area (Å²) in [5, 5.41) is 2.82. The number of hydrogen-bond donors (Lipinski definition) is 2. The topological polar surface area (TPSA) is 75.3 Å². The number of nitrogens with one attached hydrogen (secondary N) is 2. The number of sulfonamides is 1. The molecule has 0 aliphatic heterocycles. The maximum Gasteiger partial charge on any atom is 0.241 e. The largest absolute Gasteiger partial charge is 0.353 e. The van der Waals surface area contributed by atoms with Crippen molar-refractivity contribution < 1.29 is 13.2 Å². The molecule has 1 aromatic carbocycles. The van der Waals surface area contributed by atoms with Gasteiger partial charge in [0.25, 0.3) is 0 Å². The van der Waals surface area contributed by atoms with E-state index in [0.717, 1.165) is 18.4 Å². The van der Waals surface area contributed by atoms with Crippen LogP contribution in [0.3, 0.4) is 0 Å². The van der Waals surface area contributed by atoms with E-state index >= 15 is 0 Å². The number of aryl methyl sites for hydroxylation is 1. The number of carbonyl (C=O) groups is 1. The molecule has 2 N–H and O–H groups in total. The Morgan fingerprint density at radius 3 is 2.70 bits per heavy atom. The molecule has 0 bridgehead atoms. The Hall–Kier alpha value is -0.920. The van der Waals surface area contributed by atoms with E-state index in [0.29, 0.717) is 10.5 Å². The Bertz CT molecular complexity index is 612. The molecule has 0 aromatic heterocycles. The molecule has 0 heterocycles. The third-order valence-corrected chi connectivity index (χ3v) is 5.40. The second-order valence-electron chi connectivity index (χ2n) is 4.92.